The second-order valence-corrected chi connectivity index (χ2v) is 1.41. The van der Waals surface area contributed by atoms with Gasteiger partial charge in [0, 0.05) is 5.69 Å². The summed E-state index contributed by atoms with van der Waals surface area (Å²) in [5, 5.41) is 0. The first-order valence-corrected chi connectivity index (χ1v) is 2.20. The SMILES string of the molecule is Nc1ccccc1.[NH2-].[Na+]. The Kier molecular flexibility index (Phi) is 7.96. The van der Waals surface area contributed by atoms with Crippen LogP contribution in [0.1, 0.15) is 0 Å². The minimum Gasteiger partial charge on any atom is -0.693 e. The average Bonchev–Trinajstić information content (AvgIpc) is 1.69. The molecule has 0 radical (unpaired) electrons. The van der Waals surface area contributed by atoms with Crippen LogP contribution in [0.4, 0.5) is 5.69 Å². The van der Waals surface area contributed by atoms with Crippen molar-refractivity contribution in [1.29, 1.82) is 0 Å². The van der Waals surface area contributed by atoms with E-state index in [1.165, 1.54) is 0 Å². The van der Waals surface area contributed by atoms with Gasteiger partial charge in [-0.2, -0.15) is 0 Å². The summed E-state index contributed by atoms with van der Waals surface area (Å²) in [6, 6.07) is 9.49. The van der Waals surface area contributed by atoms with E-state index in [9.17, 15) is 0 Å². The van der Waals surface area contributed by atoms with Crippen LogP contribution >= 0.6 is 0 Å². The van der Waals surface area contributed by atoms with Crippen molar-refractivity contribution in [1.82, 2.24) is 0 Å². The molecule has 0 fully saturated rings. The van der Waals surface area contributed by atoms with Crippen molar-refractivity contribution in [2.45, 2.75) is 0 Å². The van der Waals surface area contributed by atoms with E-state index < -0.39 is 0 Å². The molecule has 0 aliphatic heterocycles. The average molecular weight is 132 g/mol. The standard InChI is InChI=1S/C6H7N.H2N.Na/c7-6-4-2-1-3-5-6;;/h1-5H,7H2;1H2;/q;-1;+1. The van der Waals surface area contributed by atoms with Crippen LogP contribution in [0.15, 0.2) is 30.3 Å². The molecule has 0 atom stereocenters. The predicted octanol–water partition coefficient (Wildman–Crippen LogP) is -1.01. The summed E-state index contributed by atoms with van der Waals surface area (Å²) >= 11 is 0. The number of para-hydroxylation sites is 1. The Labute approximate surface area is 77.3 Å². The normalized spacial score (nSPS) is 6.67. The van der Waals surface area contributed by atoms with Gasteiger partial charge in [0.1, 0.15) is 0 Å². The largest absolute Gasteiger partial charge is 1.00 e. The van der Waals surface area contributed by atoms with E-state index in [-0.39, 0.29) is 35.7 Å². The van der Waals surface area contributed by atoms with E-state index in [1.54, 1.807) is 0 Å². The van der Waals surface area contributed by atoms with E-state index in [4.69, 9.17) is 5.73 Å². The third-order valence-electron chi connectivity index (χ3n) is 0.800. The summed E-state index contributed by atoms with van der Waals surface area (Å²) < 4.78 is 0. The fourth-order valence-corrected chi connectivity index (χ4v) is 0.453. The molecule has 0 unspecified atom stereocenters. The van der Waals surface area contributed by atoms with Gasteiger partial charge in [-0.05, 0) is 12.1 Å². The summed E-state index contributed by atoms with van der Waals surface area (Å²) in [5.41, 5.74) is 6.18. The van der Waals surface area contributed by atoms with Crippen molar-refractivity contribution >= 4 is 5.69 Å². The van der Waals surface area contributed by atoms with Crippen LogP contribution in [-0.4, -0.2) is 0 Å². The predicted molar refractivity (Wildman–Crippen MR) is 36.1 cm³/mol. The Morgan fingerprint density at radius 3 is 1.67 bits per heavy atom. The number of nitrogens with two attached hydrogens (primary N) is 2. The van der Waals surface area contributed by atoms with Crippen LogP contribution in [0.5, 0.6) is 0 Å². The first-order valence-electron chi connectivity index (χ1n) is 2.20. The summed E-state index contributed by atoms with van der Waals surface area (Å²) in [4.78, 5) is 0. The fourth-order valence-electron chi connectivity index (χ4n) is 0.453. The van der Waals surface area contributed by atoms with Crippen molar-refractivity contribution in [2.75, 3.05) is 5.73 Å². The molecule has 0 spiro atoms. The minimum atomic E-state index is 0. The molecule has 1 aromatic carbocycles. The molecule has 3 heteroatoms. The van der Waals surface area contributed by atoms with Crippen LogP contribution in [0.25, 0.3) is 6.15 Å². The van der Waals surface area contributed by atoms with Crippen LogP contribution in [-0.2, 0) is 0 Å². The second kappa shape index (κ2) is 6.11. The number of hydrogen-bond donors (Lipinski definition) is 1. The van der Waals surface area contributed by atoms with Gasteiger partial charge in [0.15, 0.2) is 0 Å². The third kappa shape index (κ3) is 4.48. The molecular weight excluding hydrogens is 123 g/mol. The minimum absolute atomic E-state index is 0. The quantitative estimate of drug-likeness (QED) is 0.357. The van der Waals surface area contributed by atoms with Gasteiger partial charge in [0.25, 0.3) is 0 Å². The van der Waals surface area contributed by atoms with Crippen LogP contribution in [0, 0.1) is 0 Å². The number of rotatable bonds is 0. The molecule has 2 nitrogen and oxygen atoms in total. The molecule has 0 aromatic heterocycles. The molecular formula is C6H9N2Na. The van der Waals surface area contributed by atoms with Crippen LogP contribution < -0.4 is 35.3 Å². The number of nitrogen functional groups attached to an aromatic ring is 1. The molecule has 44 valence electrons. The third-order valence-corrected chi connectivity index (χ3v) is 0.800. The van der Waals surface area contributed by atoms with Gasteiger partial charge in [0.05, 0.1) is 0 Å². The summed E-state index contributed by atoms with van der Waals surface area (Å²) in [7, 11) is 0. The van der Waals surface area contributed by atoms with Crippen LogP contribution in [0.2, 0.25) is 0 Å². The molecule has 0 saturated carbocycles. The zero-order chi connectivity index (χ0) is 5.11. The van der Waals surface area contributed by atoms with Crippen LogP contribution in [0.3, 0.4) is 0 Å². The second-order valence-electron chi connectivity index (χ2n) is 1.41. The van der Waals surface area contributed by atoms with Gasteiger partial charge >= 0.3 is 29.6 Å². The zero-order valence-electron chi connectivity index (χ0n) is 5.54. The fraction of sp³-hybridized carbons (Fsp3) is 0. The molecule has 0 amide bonds. The Morgan fingerprint density at radius 1 is 1.00 bits per heavy atom. The maximum Gasteiger partial charge on any atom is 1.00 e. The monoisotopic (exact) mass is 132 g/mol. The molecule has 9 heavy (non-hydrogen) atoms. The summed E-state index contributed by atoms with van der Waals surface area (Å²) in [6.45, 7) is 0. The van der Waals surface area contributed by atoms with E-state index >= 15 is 0 Å². The Bertz CT molecular complexity index is 141. The van der Waals surface area contributed by atoms with E-state index in [2.05, 4.69) is 0 Å². The van der Waals surface area contributed by atoms with Gasteiger partial charge < -0.3 is 11.9 Å². The van der Waals surface area contributed by atoms with Gasteiger partial charge in [-0.1, -0.05) is 18.2 Å². The smallest absolute Gasteiger partial charge is 0.693 e. The first kappa shape index (κ1) is 11.7. The van der Waals surface area contributed by atoms with Crippen molar-refractivity contribution in [3.05, 3.63) is 36.5 Å². The van der Waals surface area contributed by atoms with Gasteiger partial charge in [0.2, 0.25) is 0 Å². The number of anilines is 1. The molecule has 1 rings (SSSR count). The van der Waals surface area contributed by atoms with Crippen molar-refractivity contribution in [2.24, 2.45) is 0 Å². The molecule has 0 heterocycles. The van der Waals surface area contributed by atoms with E-state index in [0.29, 0.717) is 0 Å². The van der Waals surface area contributed by atoms with E-state index in [1.807, 2.05) is 30.3 Å². The number of benzene rings is 1. The molecule has 0 aliphatic rings. The zero-order valence-corrected chi connectivity index (χ0v) is 7.54. The maximum atomic E-state index is 5.36. The summed E-state index contributed by atoms with van der Waals surface area (Å²) in [5.74, 6) is 0. The summed E-state index contributed by atoms with van der Waals surface area (Å²) in [6.07, 6.45) is 0. The maximum absolute atomic E-state index is 5.36. The first-order chi connectivity index (χ1) is 3.39. The molecule has 0 bridgehead atoms. The van der Waals surface area contributed by atoms with Gasteiger partial charge in [-0.25, -0.2) is 0 Å². The van der Waals surface area contributed by atoms with Gasteiger partial charge in [-0.15, -0.1) is 0 Å². The Hall–Kier alpha value is -0.0200. The molecule has 0 saturated heterocycles. The molecule has 1 aromatic rings. The Balaban J connectivity index is 0. The Morgan fingerprint density at radius 2 is 1.44 bits per heavy atom. The van der Waals surface area contributed by atoms with Crippen molar-refractivity contribution in [3.63, 3.8) is 0 Å². The van der Waals surface area contributed by atoms with Gasteiger partial charge in [-0.3, -0.25) is 0 Å². The molecule has 0 aliphatic carbocycles. The van der Waals surface area contributed by atoms with Crippen molar-refractivity contribution in [3.8, 4) is 0 Å². The molecule has 4 N–H and O–H groups in total. The topological polar surface area (TPSA) is 59.5 Å². The number of hydrogen-bond acceptors (Lipinski definition) is 1. The van der Waals surface area contributed by atoms with Crippen molar-refractivity contribution < 1.29 is 29.6 Å². The van der Waals surface area contributed by atoms with E-state index in [0.717, 1.165) is 5.69 Å².